The van der Waals surface area contributed by atoms with Gasteiger partial charge in [0.1, 0.15) is 6.61 Å². The number of cyclic esters (lactones) is 1. The summed E-state index contributed by atoms with van der Waals surface area (Å²) in [6.07, 6.45) is 0.782. The molecule has 0 saturated carbocycles. The van der Waals surface area contributed by atoms with E-state index in [2.05, 4.69) is 0 Å². The molecule has 16 heavy (non-hydrogen) atoms. The molecule has 0 radical (unpaired) electrons. The fourth-order valence-electron chi connectivity index (χ4n) is 0.922. The van der Waals surface area contributed by atoms with Gasteiger partial charge in [0.05, 0.1) is 6.04 Å². The van der Waals surface area contributed by atoms with Crippen LogP contribution < -0.4 is 0 Å². The second kappa shape index (κ2) is 7.46. The van der Waals surface area contributed by atoms with E-state index in [0.29, 0.717) is 12.6 Å². The average Bonchev–Trinajstić information content (AvgIpc) is 2.48. The summed E-state index contributed by atoms with van der Waals surface area (Å²) in [5.41, 5.74) is 0. The molecule has 0 aromatic carbocycles. The molecule has 94 valence electrons. The van der Waals surface area contributed by atoms with Crippen LogP contribution in [0.5, 0.6) is 0 Å². The number of carbonyl (C=O) groups excluding carboxylic acids is 1. The first-order chi connectivity index (χ1) is 6.90. The number of aliphatic carboxylic acids is 2. The van der Waals surface area contributed by atoms with Crippen LogP contribution in [0.3, 0.4) is 0 Å². The highest BCUT2D eigenvalue weighted by Gasteiger charge is 2.27. The third-order valence-corrected chi connectivity index (χ3v) is 1.89. The molecule has 0 aromatic heterocycles. The van der Waals surface area contributed by atoms with Crippen LogP contribution in [-0.4, -0.2) is 58.3 Å². The fraction of sp³-hybridized carbons (Fsp3) is 0.625. The Balaban J connectivity index is 0. The normalized spacial score (nSPS) is 17.8. The average molecular weight is 237 g/mol. The van der Waals surface area contributed by atoms with Crippen molar-refractivity contribution in [2.45, 2.75) is 19.4 Å². The van der Waals surface area contributed by atoms with Crippen molar-refractivity contribution < 1.29 is 34.8 Å². The van der Waals surface area contributed by atoms with Crippen LogP contribution in [0.1, 0.15) is 13.3 Å². The van der Waals surface area contributed by atoms with Crippen molar-refractivity contribution in [1.82, 2.24) is 4.90 Å². The molecular formula is C8H15NO7. The molecule has 1 aliphatic heterocycles. The monoisotopic (exact) mass is 237 g/mol. The number of amides is 1. The van der Waals surface area contributed by atoms with E-state index in [-0.39, 0.29) is 11.6 Å². The molecule has 4 N–H and O–H groups in total. The molecule has 1 heterocycles. The minimum atomic E-state index is -1.82. The summed E-state index contributed by atoms with van der Waals surface area (Å²) in [5, 5.41) is 14.8. The number of carboxylic acids is 2. The quantitative estimate of drug-likeness (QED) is 0.571. The lowest BCUT2D eigenvalue weighted by Gasteiger charge is -2.12. The molecule has 0 aliphatic carbocycles. The van der Waals surface area contributed by atoms with Crippen LogP contribution in [0.25, 0.3) is 0 Å². The summed E-state index contributed by atoms with van der Waals surface area (Å²) < 4.78 is 4.76. The SMILES string of the molecule is CCC1COC(=O)N1C.O.O=C(O)C(=O)O. The maximum absolute atomic E-state index is 10.6. The predicted octanol–water partition coefficient (Wildman–Crippen LogP) is -0.822. The first kappa shape index (κ1) is 16.6. The van der Waals surface area contributed by atoms with Crippen molar-refractivity contribution in [3.63, 3.8) is 0 Å². The minimum Gasteiger partial charge on any atom is -0.473 e. The first-order valence-electron chi connectivity index (χ1n) is 4.26. The van der Waals surface area contributed by atoms with E-state index in [4.69, 9.17) is 24.5 Å². The summed E-state index contributed by atoms with van der Waals surface area (Å²) in [4.78, 5) is 30.5. The molecule has 1 aliphatic rings. The Morgan fingerprint density at radius 3 is 2.00 bits per heavy atom. The highest BCUT2D eigenvalue weighted by atomic mass is 16.6. The van der Waals surface area contributed by atoms with Gasteiger partial charge < -0.3 is 25.3 Å². The molecule has 1 rings (SSSR count). The van der Waals surface area contributed by atoms with E-state index in [9.17, 15) is 4.79 Å². The van der Waals surface area contributed by atoms with Crippen LogP contribution in [-0.2, 0) is 14.3 Å². The number of carbonyl (C=O) groups is 3. The predicted molar refractivity (Wildman–Crippen MR) is 52.1 cm³/mol. The van der Waals surface area contributed by atoms with Crippen molar-refractivity contribution in [3.8, 4) is 0 Å². The van der Waals surface area contributed by atoms with Gasteiger partial charge in [0, 0.05) is 7.05 Å². The van der Waals surface area contributed by atoms with Gasteiger partial charge in [-0.2, -0.15) is 0 Å². The van der Waals surface area contributed by atoms with Gasteiger partial charge in [-0.1, -0.05) is 6.92 Å². The van der Waals surface area contributed by atoms with Crippen LogP contribution in [0, 0.1) is 0 Å². The highest BCUT2D eigenvalue weighted by molar-refractivity contribution is 6.27. The Bertz CT molecular complexity index is 253. The first-order valence-corrected chi connectivity index (χ1v) is 4.26. The molecule has 1 atom stereocenters. The number of carboxylic acid groups (broad SMARTS) is 2. The lowest BCUT2D eigenvalue weighted by Crippen LogP contribution is -2.28. The van der Waals surface area contributed by atoms with Crippen LogP contribution >= 0.6 is 0 Å². The molecule has 8 heteroatoms. The molecule has 1 saturated heterocycles. The van der Waals surface area contributed by atoms with Gasteiger partial charge in [0.15, 0.2) is 0 Å². The van der Waals surface area contributed by atoms with Crippen molar-refractivity contribution in [2.24, 2.45) is 0 Å². The standard InChI is InChI=1S/C6H11NO2.C2H2O4.H2O/c1-3-5-4-9-6(8)7(5)2;3-1(4)2(5)6;/h5H,3-4H2,1-2H3;(H,3,4)(H,5,6);1H2. The van der Waals surface area contributed by atoms with Crippen molar-refractivity contribution >= 4 is 18.0 Å². The van der Waals surface area contributed by atoms with Gasteiger partial charge in [0.2, 0.25) is 0 Å². The summed E-state index contributed by atoms with van der Waals surface area (Å²) in [6, 6.07) is 0.303. The van der Waals surface area contributed by atoms with E-state index in [1.54, 1.807) is 11.9 Å². The molecule has 8 nitrogen and oxygen atoms in total. The molecule has 0 aromatic rings. The maximum atomic E-state index is 10.6. The third kappa shape index (κ3) is 5.15. The largest absolute Gasteiger partial charge is 0.473 e. The lowest BCUT2D eigenvalue weighted by atomic mass is 10.2. The van der Waals surface area contributed by atoms with Crippen LogP contribution in [0.15, 0.2) is 0 Å². The van der Waals surface area contributed by atoms with Crippen molar-refractivity contribution in [2.75, 3.05) is 13.7 Å². The topological polar surface area (TPSA) is 136 Å². The van der Waals surface area contributed by atoms with E-state index >= 15 is 0 Å². The second-order valence-corrected chi connectivity index (χ2v) is 2.86. The molecule has 1 unspecified atom stereocenters. The minimum absolute atomic E-state index is 0. The molecule has 0 spiro atoms. The summed E-state index contributed by atoms with van der Waals surface area (Å²) in [6.45, 7) is 2.61. The van der Waals surface area contributed by atoms with Gasteiger partial charge >= 0.3 is 18.0 Å². The van der Waals surface area contributed by atoms with Gasteiger partial charge in [-0.25, -0.2) is 14.4 Å². The zero-order valence-electron chi connectivity index (χ0n) is 8.97. The zero-order valence-corrected chi connectivity index (χ0v) is 8.97. The highest BCUT2D eigenvalue weighted by Crippen LogP contribution is 2.11. The molecule has 1 fully saturated rings. The van der Waals surface area contributed by atoms with E-state index < -0.39 is 11.9 Å². The van der Waals surface area contributed by atoms with E-state index in [0.717, 1.165) is 6.42 Å². The zero-order chi connectivity index (χ0) is 12.0. The van der Waals surface area contributed by atoms with E-state index in [1.165, 1.54) is 0 Å². The second-order valence-electron chi connectivity index (χ2n) is 2.86. The maximum Gasteiger partial charge on any atom is 0.414 e. The van der Waals surface area contributed by atoms with Gasteiger partial charge in [-0.15, -0.1) is 0 Å². The van der Waals surface area contributed by atoms with Gasteiger partial charge in [-0.05, 0) is 6.42 Å². The number of rotatable bonds is 1. The molecule has 0 bridgehead atoms. The molecular weight excluding hydrogens is 222 g/mol. The Morgan fingerprint density at radius 1 is 1.44 bits per heavy atom. The summed E-state index contributed by atoms with van der Waals surface area (Å²) in [7, 11) is 1.77. The fourth-order valence-corrected chi connectivity index (χ4v) is 0.922. The smallest absolute Gasteiger partial charge is 0.414 e. The Labute approximate surface area is 91.7 Å². The van der Waals surface area contributed by atoms with Crippen molar-refractivity contribution in [1.29, 1.82) is 0 Å². The number of nitrogens with zero attached hydrogens (tertiary/aromatic N) is 1. The Hall–Kier alpha value is -1.83. The van der Waals surface area contributed by atoms with E-state index in [1.807, 2.05) is 6.92 Å². The van der Waals surface area contributed by atoms with Crippen LogP contribution in [0.2, 0.25) is 0 Å². The van der Waals surface area contributed by atoms with Crippen LogP contribution in [0.4, 0.5) is 4.79 Å². The third-order valence-electron chi connectivity index (χ3n) is 1.89. The number of ether oxygens (including phenoxy) is 1. The lowest BCUT2D eigenvalue weighted by molar-refractivity contribution is -0.159. The van der Waals surface area contributed by atoms with Gasteiger partial charge in [-0.3, -0.25) is 0 Å². The number of hydrogen-bond acceptors (Lipinski definition) is 4. The van der Waals surface area contributed by atoms with Crippen molar-refractivity contribution in [3.05, 3.63) is 0 Å². The number of hydrogen-bond donors (Lipinski definition) is 2. The van der Waals surface area contributed by atoms with Gasteiger partial charge in [0.25, 0.3) is 0 Å². The summed E-state index contributed by atoms with van der Waals surface area (Å²) in [5.74, 6) is -3.65. The Morgan fingerprint density at radius 2 is 1.88 bits per heavy atom. The number of likely N-dealkylation sites (N-methyl/N-ethyl adjacent to an activating group) is 1. The Kier molecular flexibility index (Phi) is 7.74. The summed E-state index contributed by atoms with van der Waals surface area (Å²) >= 11 is 0. The molecule has 1 amide bonds.